The van der Waals surface area contributed by atoms with Gasteiger partial charge in [-0.05, 0) is 51.4 Å². The van der Waals surface area contributed by atoms with Gasteiger partial charge in [-0.25, -0.2) is 0 Å². The number of ether oxygens (including phenoxy) is 2. The molecule has 0 N–H and O–H groups in total. The van der Waals surface area contributed by atoms with E-state index in [0.29, 0.717) is 24.1 Å². The molecule has 0 aromatic rings. The molecule has 0 saturated heterocycles. The molecule has 0 rings (SSSR count). The number of allylic oxidation sites excluding steroid dienone is 6. The molecule has 52 heavy (non-hydrogen) atoms. The van der Waals surface area contributed by atoms with Crippen LogP contribution in [0.3, 0.4) is 0 Å². The summed E-state index contributed by atoms with van der Waals surface area (Å²) in [6.45, 7) is 5.34. The average Bonchev–Trinajstić information content (AvgIpc) is 3.09. The van der Waals surface area contributed by atoms with Gasteiger partial charge in [-0.1, -0.05) is 153 Å². The Balaban J connectivity index is 4.13. The molecule has 0 aromatic carbocycles. The second-order valence-electron chi connectivity index (χ2n) is 15.4. The van der Waals surface area contributed by atoms with E-state index in [1.807, 2.05) is 21.1 Å². The van der Waals surface area contributed by atoms with E-state index in [-0.39, 0.29) is 25.8 Å². The maximum absolute atomic E-state index is 12.5. The Kier molecular flexibility index (Phi) is 35.8. The molecule has 0 aromatic heterocycles. The minimum atomic E-state index is -4.52. The number of carbonyl (C=O) groups excluding carboxylic acids is 1. The van der Waals surface area contributed by atoms with Crippen LogP contribution in [-0.4, -0.2) is 70.7 Å². The van der Waals surface area contributed by atoms with Gasteiger partial charge in [0.15, 0.2) is 0 Å². The summed E-state index contributed by atoms with van der Waals surface area (Å²) in [5.74, 6) is -0.343. The van der Waals surface area contributed by atoms with Crippen LogP contribution in [0, 0.1) is 0 Å². The molecule has 9 heteroatoms. The molecule has 8 nitrogen and oxygen atoms in total. The SMILES string of the molecule is CCCCCCC/C=C\C/C=C\C/C=C\CCCCCCCCCOCC(COP(=O)([O-])OCC[N+](C)(C)C)OC(=O)CCCCCCCCCC. The van der Waals surface area contributed by atoms with Gasteiger partial charge in [0, 0.05) is 13.0 Å². The molecule has 0 bridgehead atoms. The van der Waals surface area contributed by atoms with Gasteiger partial charge >= 0.3 is 5.97 Å². The normalized spacial score (nSPS) is 14.2. The Labute approximate surface area is 321 Å². The van der Waals surface area contributed by atoms with Gasteiger partial charge in [0.2, 0.25) is 0 Å². The van der Waals surface area contributed by atoms with Crippen LogP contribution in [0.15, 0.2) is 36.5 Å². The molecule has 0 amide bonds. The minimum absolute atomic E-state index is 0.0242. The zero-order valence-corrected chi connectivity index (χ0v) is 35.4. The standard InChI is InChI=1S/C43H82NO7P/c1-6-8-10-12-14-16-17-18-19-20-21-22-23-24-25-26-27-28-29-31-33-35-38-48-40-42(41-50-52(46,47)49-39-37-44(3,4)5)51-43(45)36-34-32-30-15-13-11-9-7-2/h17-18,20-21,23-24,42H,6-16,19,22,25-41H2,1-5H3/b18-17-,21-20-,24-23-. The van der Waals surface area contributed by atoms with E-state index < -0.39 is 13.9 Å². The lowest BCUT2D eigenvalue weighted by Crippen LogP contribution is -2.37. The zero-order chi connectivity index (χ0) is 38.4. The smallest absolute Gasteiger partial charge is 0.306 e. The molecule has 0 aliphatic rings. The van der Waals surface area contributed by atoms with Crippen LogP contribution >= 0.6 is 7.82 Å². The van der Waals surface area contributed by atoms with Crippen molar-refractivity contribution < 1.29 is 37.3 Å². The van der Waals surface area contributed by atoms with Crippen molar-refractivity contribution in [3.63, 3.8) is 0 Å². The maximum Gasteiger partial charge on any atom is 0.306 e. The summed E-state index contributed by atoms with van der Waals surface area (Å²) in [7, 11) is 1.35. The number of hydrogen-bond donors (Lipinski definition) is 0. The molecule has 0 saturated carbocycles. The first-order chi connectivity index (χ1) is 25.1. The first-order valence-electron chi connectivity index (χ1n) is 21.2. The third-order valence-corrected chi connectivity index (χ3v) is 9.91. The molecule has 0 aliphatic carbocycles. The highest BCUT2D eigenvalue weighted by Crippen LogP contribution is 2.38. The second-order valence-corrected chi connectivity index (χ2v) is 16.8. The molecule has 306 valence electrons. The number of phosphoric acid groups is 1. The highest BCUT2D eigenvalue weighted by Gasteiger charge is 2.20. The van der Waals surface area contributed by atoms with E-state index in [4.69, 9.17) is 18.5 Å². The van der Waals surface area contributed by atoms with Crippen LogP contribution in [0.4, 0.5) is 0 Å². The van der Waals surface area contributed by atoms with Gasteiger partial charge in [-0.15, -0.1) is 0 Å². The Bertz CT molecular complexity index is 931. The summed E-state index contributed by atoms with van der Waals surface area (Å²) in [6, 6.07) is 0. The van der Waals surface area contributed by atoms with Gasteiger partial charge < -0.3 is 27.9 Å². The maximum atomic E-state index is 12.5. The van der Waals surface area contributed by atoms with Crippen molar-refractivity contribution in [2.24, 2.45) is 0 Å². The number of likely N-dealkylation sites (N-methyl/N-ethyl adjacent to an activating group) is 1. The Morgan fingerprint density at radius 3 is 1.58 bits per heavy atom. The van der Waals surface area contributed by atoms with Crippen molar-refractivity contribution in [3.8, 4) is 0 Å². The number of unbranched alkanes of at least 4 members (excludes halogenated alkanes) is 19. The third-order valence-electron chi connectivity index (χ3n) is 8.94. The van der Waals surface area contributed by atoms with Crippen LogP contribution in [0.5, 0.6) is 0 Å². The molecule has 0 aliphatic heterocycles. The van der Waals surface area contributed by atoms with E-state index >= 15 is 0 Å². The van der Waals surface area contributed by atoms with Crippen LogP contribution in [0.25, 0.3) is 0 Å². The largest absolute Gasteiger partial charge is 0.756 e. The molecule has 0 fully saturated rings. The summed E-state index contributed by atoms with van der Waals surface area (Å²) in [5, 5.41) is 0. The quantitative estimate of drug-likeness (QED) is 0.0203. The zero-order valence-electron chi connectivity index (χ0n) is 34.5. The summed E-state index contributed by atoms with van der Waals surface area (Å²) >= 11 is 0. The van der Waals surface area contributed by atoms with Gasteiger partial charge in [-0.3, -0.25) is 9.36 Å². The van der Waals surface area contributed by atoms with Gasteiger partial charge in [0.25, 0.3) is 7.82 Å². The molecular weight excluding hydrogens is 673 g/mol. The molecular formula is C43H82NO7P. The fraction of sp³-hybridized carbons (Fsp3) is 0.837. The van der Waals surface area contributed by atoms with Crippen molar-refractivity contribution in [3.05, 3.63) is 36.5 Å². The van der Waals surface area contributed by atoms with Gasteiger partial charge in [0.1, 0.15) is 19.3 Å². The lowest BCUT2D eigenvalue weighted by atomic mass is 10.1. The Morgan fingerprint density at radius 1 is 0.596 bits per heavy atom. The lowest BCUT2D eigenvalue weighted by molar-refractivity contribution is -0.870. The van der Waals surface area contributed by atoms with Crippen LogP contribution in [0.1, 0.15) is 174 Å². The number of carbonyl (C=O) groups is 1. The molecule has 0 radical (unpaired) electrons. The second kappa shape index (κ2) is 36.7. The Hall–Kier alpha value is -1.28. The van der Waals surface area contributed by atoms with E-state index in [9.17, 15) is 14.3 Å². The van der Waals surface area contributed by atoms with Gasteiger partial charge in [-0.2, -0.15) is 0 Å². The van der Waals surface area contributed by atoms with Crippen LogP contribution in [-0.2, 0) is 27.9 Å². The summed E-state index contributed by atoms with van der Waals surface area (Å²) < 4.78 is 34.4. The van der Waals surface area contributed by atoms with E-state index in [2.05, 4.69) is 50.3 Å². The first kappa shape index (κ1) is 50.7. The van der Waals surface area contributed by atoms with Crippen molar-refractivity contribution in [1.82, 2.24) is 0 Å². The predicted octanol–water partition coefficient (Wildman–Crippen LogP) is 11.6. The Morgan fingerprint density at radius 2 is 1.06 bits per heavy atom. The highest BCUT2D eigenvalue weighted by atomic mass is 31.2. The van der Waals surface area contributed by atoms with Gasteiger partial charge in [0.05, 0.1) is 34.4 Å². The molecule has 2 atom stereocenters. The van der Waals surface area contributed by atoms with Crippen LogP contribution < -0.4 is 4.89 Å². The molecule has 2 unspecified atom stereocenters. The average molecular weight is 756 g/mol. The topological polar surface area (TPSA) is 94.1 Å². The molecule has 0 heterocycles. The number of quaternary nitrogens is 1. The third kappa shape index (κ3) is 39.9. The van der Waals surface area contributed by atoms with Crippen molar-refractivity contribution in [1.29, 1.82) is 0 Å². The highest BCUT2D eigenvalue weighted by molar-refractivity contribution is 7.45. The van der Waals surface area contributed by atoms with Crippen molar-refractivity contribution in [2.45, 2.75) is 180 Å². The fourth-order valence-corrected chi connectivity index (χ4v) is 6.34. The first-order valence-corrected chi connectivity index (χ1v) is 22.7. The van der Waals surface area contributed by atoms with Crippen molar-refractivity contribution in [2.75, 3.05) is 54.1 Å². The lowest BCUT2D eigenvalue weighted by Gasteiger charge is -2.28. The number of esters is 1. The number of phosphoric ester groups is 1. The minimum Gasteiger partial charge on any atom is -0.756 e. The number of hydrogen-bond acceptors (Lipinski definition) is 7. The number of rotatable bonds is 39. The summed E-state index contributed by atoms with van der Waals surface area (Å²) in [4.78, 5) is 24.9. The summed E-state index contributed by atoms with van der Waals surface area (Å²) in [5.41, 5.74) is 0. The van der Waals surface area contributed by atoms with E-state index in [1.54, 1.807) is 0 Å². The van der Waals surface area contributed by atoms with E-state index in [1.165, 1.54) is 103 Å². The summed E-state index contributed by atoms with van der Waals surface area (Å²) in [6.07, 6.45) is 41.7. The van der Waals surface area contributed by atoms with Crippen LogP contribution in [0.2, 0.25) is 0 Å². The number of nitrogens with zero attached hydrogens (tertiary/aromatic N) is 1. The van der Waals surface area contributed by atoms with Crippen molar-refractivity contribution >= 4 is 13.8 Å². The fourth-order valence-electron chi connectivity index (χ4n) is 5.61. The molecule has 0 spiro atoms. The monoisotopic (exact) mass is 756 g/mol. The predicted molar refractivity (Wildman–Crippen MR) is 217 cm³/mol. The van der Waals surface area contributed by atoms with E-state index in [0.717, 1.165) is 51.4 Å².